The van der Waals surface area contributed by atoms with E-state index in [9.17, 15) is 14.3 Å². The van der Waals surface area contributed by atoms with Crippen molar-refractivity contribution >= 4 is 34.2 Å². The number of aromatic nitrogens is 1. The van der Waals surface area contributed by atoms with Crippen LogP contribution in [0.2, 0.25) is 17.3 Å². The molecule has 0 saturated heterocycles. The molecule has 0 fully saturated rings. The SMILES string of the molecule is CC(C)c1cc(-c2cc(-c3cc[c]([Ge]([CH3])([CH3])[CH3])cc3)c(F)cn2)[c-]c2ccccc12.CCC(CC)C(=O)/C=C(\O)C(CC)CC.[Ir]. The van der Waals surface area contributed by atoms with Crippen LogP contribution in [0.15, 0.2) is 78.7 Å². The van der Waals surface area contributed by atoms with Gasteiger partial charge in [0.1, 0.15) is 0 Å². The molecule has 0 aliphatic carbocycles. The topological polar surface area (TPSA) is 50.2 Å². The fourth-order valence-electron chi connectivity index (χ4n) is 5.61. The van der Waals surface area contributed by atoms with E-state index < -0.39 is 13.3 Å². The first kappa shape index (κ1) is 39.6. The summed E-state index contributed by atoms with van der Waals surface area (Å²) in [6.07, 6.45) is 6.24. The minimum absolute atomic E-state index is 0. The van der Waals surface area contributed by atoms with Gasteiger partial charge in [0.2, 0.25) is 0 Å². The molecule has 3 nitrogen and oxygen atoms in total. The molecule has 1 N–H and O–H groups in total. The minimum atomic E-state index is -1.90. The standard InChI is InChI=1S/C27H27FGeN.C13H24O2.Ir/c1-18(2)24-15-21(14-20-8-6-7-9-23(20)24)27-16-25(26(28)17-30-27)19-10-12-22(13-11-19)29(3,4)5;1-5-10(6-2)12(14)9-13(15)11(7-3)8-4;/h6-13,15-18H,1-5H3;9-11,14H,5-8H2,1-4H3;/q-1;;/b;12-9-;. The van der Waals surface area contributed by atoms with E-state index >= 15 is 0 Å². The van der Waals surface area contributed by atoms with Crippen molar-refractivity contribution in [3.8, 4) is 22.4 Å². The Kier molecular flexibility index (Phi) is 15.6. The maximum atomic E-state index is 14.7. The third-order valence-corrected chi connectivity index (χ3v) is 13.0. The molecular weight excluding hydrogens is 810 g/mol. The second kappa shape index (κ2) is 18.1. The van der Waals surface area contributed by atoms with Crippen LogP contribution in [0, 0.1) is 23.7 Å². The fourth-order valence-corrected chi connectivity index (χ4v) is 8.06. The van der Waals surface area contributed by atoms with Crippen LogP contribution in [0.4, 0.5) is 4.39 Å². The van der Waals surface area contributed by atoms with Gasteiger partial charge in [0.15, 0.2) is 5.78 Å². The number of rotatable bonds is 11. The second-order valence-electron chi connectivity index (χ2n) is 13.2. The summed E-state index contributed by atoms with van der Waals surface area (Å²) in [5.41, 5.74) is 4.38. The largest absolute Gasteiger partial charge is 0.512 e. The zero-order valence-corrected chi connectivity index (χ0v) is 33.5. The number of aliphatic hydroxyl groups is 1. The molecule has 1 aromatic heterocycles. The number of hydrogen-bond donors (Lipinski definition) is 1. The van der Waals surface area contributed by atoms with Crippen LogP contribution in [0.1, 0.15) is 78.7 Å². The Hall–Kier alpha value is -2.60. The quantitative estimate of drug-likeness (QED) is 0.0707. The number of carbonyl (C=O) groups is 1. The predicted molar refractivity (Wildman–Crippen MR) is 192 cm³/mol. The second-order valence-corrected chi connectivity index (χ2v) is 23.9. The smallest absolute Gasteiger partial charge is 0.162 e. The molecule has 6 heteroatoms. The summed E-state index contributed by atoms with van der Waals surface area (Å²) in [6.45, 7) is 12.5. The first-order valence-electron chi connectivity index (χ1n) is 16.5. The van der Waals surface area contributed by atoms with Gasteiger partial charge in [0, 0.05) is 38.0 Å². The summed E-state index contributed by atoms with van der Waals surface area (Å²) in [4.78, 5) is 16.1. The molecule has 0 unspecified atom stereocenters. The average Bonchev–Trinajstić information content (AvgIpc) is 3.02. The number of ketones is 1. The molecule has 0 bridgehead atoms. The molecule has 249 valence electrons. The van der Waals surface area contributed by atoms with Gasteiger partial charge in [-0.15, -0.1) is 0 Å². The number of nitrogens with zero attached hydrogens (tertiary/aromatic N) is 1. The molecule has 1 radical (unpaired) electrons. The summed E-state index contributed by atoms with van der Waals surface area (Å²) >= 11 is -1.90. The number of fused-ring (bicyclic) bond motifs is 1. The summed E-state index contributed by atoms with van der Waals surface area (Å²) < 4.78 is 16.1. The number of halogens is 1. The van der Waals surface area contributed by atoms with Crippen LogP contribution in [0.25, 0.3) is 33.2 Å². The van der Waals surface area contributed by atoms with Crippen molar-refractivity contribution in [2.24, 2.45) is 11.8 Å². The Morgan fingerprint density at radius 1 is 0.913 bits per heavy atom. The Labute approximate surface area is 292 Å². The van der Waals surface area contributed by atoms with E-state index in [2.05, 4.69) is 78.6 Å². The van der Waals surface area contributed by atoms with Gasteiger partial charge in [-0.05, 0) is 25.7 Å². The van der Waals surface area contributed by atoms with E-state index in [-0.39, 0.29) is 49.3 Å². The number of allylic oxidation sites excluding steroid dienone is 2. The van der Waals surface area contributed by atoms with Crippen molar-refractivity contribution in [1.29, 1.82) is 0 Å². The van der Waals surface area contributed by atoms with Crippen molar-refractivity contribution in [2.45, 2.75) is 90.4 Å². The van der Waals surface area contributed by atoms with Crippen molar-refractivity contribution in [2.75, 3.05) is 0 Å². The first-order chi connectivity index (χ1) is 21.3. The van der Waals surface area contributed by atoms with E-state index in [1.54, 1.807) is 0 Å². The van der Waals surface area contributed by atoms with Gasteiger partial charge in [-0.25, -0.2) is 0 Å². The van der Waals surface area contributed by atoms with E-state index in [0.29, 0.717) is 11.5 Å². The van der Waals surface area contributed by atoms with Crippen LogP contribution >= 0.6 is 0 Å². The molecule has 0 aliphatic heterocycles. The molecule has 3 aromatic carbocycles. The van der Waals surface area contributed by atoms with Crippen LogP contribution < -0.4 is 4.40 Å². The third-order valence-electron chi connectivity index (χ3n) is 8.70. The number of pyridine rings is 1. The van der Waals surface area contributed by atoms with Crippen LogP contribution in [0.5, 0.6) is 0 Å². The maximum Gasteiger partial charge on any atom is 0.162 e. The number of aliphatic hydroxyl groups excluding tert-OH is 1. The Morgan fingerprint density at radius 3 is 2.04 bits per heavy atom. The Balaban J connectivity index is 0.000000394. The molecule has 0 aliphatic rings. The molecule has 4 rings (SSSR count). The van der Waals surface area contributed by atoms with Gasteiger partial charge < -0.3 is 5.11 Å². The van der Waals surface area contributed by atoms with Crippen molar-refractivity contribution in [3.05, 3.63) is 96.1 Å². The summed E-state index contributed by atoms with van der Waals surface area (Å²) in [5, 5.41) is 12.0. The van der Waals surface area contributed by atoms with Crippen LogP contribution in [0.3, 0.4) is 0 Å². The normalized spacial score (nSPS) is 11.9. The van der Waals surface area contributed by atoms with Crippen molar-refractivity contribution in [3.63, 3.8) is 0 Å². The average molecular weight is 862 g/mol. The third kappa shape index (κ3) is 10.2. The molecule has 0 atom stereocenters. The first-order valence-corrected chi connectivity index (χ1v) is 23.8. The molecular formula is C40H51FGeIrNO2-. The zero-order valence-electron chi connectivity index (χ0n) is 29.0. The van der Waals surface area contributed by atoms with Crippen LogP contribution in [-0.2, 0) is 24.9 Å². The Bertz CT molecular complexity index is 1600. The van der Waals surface area contributed by atoms with Crippen molar-refractivity contribution < 1.29 is 34.4 Å². The maximum absolute atomic E-state index is 14.7. The van der Waals surface area contributed by atoms with Gasteiger partial charge in [-0.3, -0.25) is 4.79 Å². The van der Waals surface area contributed by atoms with E-state index in [1.165, 1.54) is 27.6 Å². The minimum Gasteiger partial charge on any atom is -0.512 e. The summed E-state index contributed by atoms with van der Waals surface area (Å²) in [6, 6.07) is 24.2. The van der Waals surface area contributed by atoms with Gasteiger partial charge in [0.25, 0.3) is 0 Å². The summed E-state index contributed by atoms with van der Waals surface area (Å²) in [7, 11) is 0. The van der Waals surface area contributed by atoms with Gasteiger partial charge in [-0.2, -0.15) is 0 Å². The number of carbonyl (C=O) groups excluding carboxylic acids is 1. The van der Waals surface area contributed by atoms with Gasteiger partial charge >= 0.3 is 175 Å². The van der Waals surface area contributed by atoms with Crippen LogP contribution in [-0.4, -0.2) is 29.1 Å². The van der Waals surface area contributed by atoms with Gasteiger partial charge in [0.05, 0.1) is 5.76 Å². The Morgan fingerprint density at radius 2 is 1.50 bits per heavy atom. The fraction of sp³-hybridized carbons (Fsp3) is 0.400. The monoisotopic (exact) mass is 863 g/mol. The van der Waals surface area contributed by atoms with E-state index in [0.717, 1.165) is 47.9 Å². The zero-order chi connectivity index (χ0) is 33.3. The molecule has 0 saturated carbocycles. The predicted octanol–water partition coefficient (Wildman–Crippen LogP) is 11.0. The van der Waals surface area contributed by atoms with Gasteiger partial charge in [-0.1, -0.05) is 33.8 Å². The molecule has 1 heterocycles. The van der Waals surface area contributed by atoms with Crippen molar-refractivity contribution in [1.82, 2.24) is 4.98 Å². The van der Waals surface area contributed by atoms with E-state index in [1.807, 2.05) is 52.0 Å². The summed E-state index contributed by atoms with van der Waals surface area (Å²) in [5.74, 6) is 7.71. The number of benzene rings is 3. The number of hydrogen-bond acceptors (Lipinski definition) is 3. The molecule has 0 spiro atoms. The molecule has 4 aromatic rings. The van der Waals surface area contributed by atoms with E-state index in [4.69, 9.17) is 0 Å². The molecule has 0 amide bonds. The molecule has 46 heavy (non-hydrogen) atoms.